The molecule has 0 fully saturated rings. The topological polar surface area (TPSA) is 25.4 Å². The summed E-state index contributed by atoms with van der Waals surface area (Å²) in [5.74, 6) is 1.69. The molecule has 0 saturated carbocycles. The Morgan fingerprint density at radius 3 is 0.957 bits per heavy atom. The molecule has 5 aromatic heterocycles. The molecule has 26 rings (SSSR count). The van der Waals surface area contributed by atoms with E-state index in [-0.39, 0.29) is 85.9 Å². The van der Waals surface area contributed by atoms with Crippen LogP contribution in [0.5, 0.6) is 11.5 Å². The van der Waals surface area contributed by atoms with Gasteiger partial charge in [0.2, 0.25) is 0 Å². The van der Waals surface area contributed by atoms with Gasteiger partial charge in [0.15, 0.2) is 0 Å². The van der Waals surface area contributed by atoms with Crippen molar-refractivity contribution in [3.05, 3.63) is 358 Å². The molecule has 0 bridgehead atoms. The molecule has 22 aromatic rings. The van der Waals surface area contributed by atoms with E-state index in [2.05, 4.69) is 382 Å². The second kappa shape index (κ2) is 25.4. The fourth-order valence-corrected chi connectivity index (χ4v) is 30.9. The molecule has 0 N–H and O–H groups in total. The Balaban J connectivity index is 0.756. The van der Waals surface area contributed by atoms with Crippen LogP contribution >= 0.6 is 0 Å². The average molecular weight is 1790 g/mol. The number of anilines is 15. The van der Waals surface area contributed by atoms with Crippen LogP contribution in [0.1, 0.15) is 0 Å². The number of hydrogen-bond acceptors (Lipinski definition) is 6. The number of fused-ring (bicyclic) bond motifs is 23. The molecule has 115 heavy (non-hydrogen) atoms. The van der Waals surface area contributed by atoms with Crippen LogP contribution in [0.25, 0.3) is 96.5 Å². The minimum absolute atomic E-state index is 0.156. The quantitative estimate of drug-likeness (QED) is 0.134. The fraction of sp³-hybridized carbons (Fsp3) is 0. The van der Waals surface area contributed by atoms with Crippen LogP contribution in [-0.4, -0.2) is 85.9 Å². The second-order valence-electron chi connectivity index (χ2n) is 30.6. The van der Waals surface area contributed by atoms with Crippen LogP contribution in [0.2, 0.25) is 0 Å². The number of nitrogens with zero attached hydrogens (tertiary/aromatic N) is 5. The van der Waals surface area contributed by atoms with Gasteiger partial charge in [0.1, 0.15) is 0 Å². The second-order valence-corrected chi connectivity index (χ2v) is 41.9. The molecule has 13 heteroatoms. The molecule has 17 aromatic carbocycles. The molecule has 4 aliphatic rings. The van der Waals surface area contributed by atoms with Crippen LogP contribution in [0, 0.1) is 0 Å². The van der Waals surface area contributed by atoms with E-state index in [4.69, 9.17) is 4.74 Å². The Labute approximate surface area is 692 Å². The molecule has 6 nitrogen and oxygen atoms in total. The number of hydrogen-bond donors (Lipinski definition) is 0. The van der Waals surface area contributed by atoms with Crippen molar-refractivity contribution in [3.63, 3.8) is 0 Å². The number of rotatable bonds is 9. The molecule has 0 amide bonds. The van der Waals surface area contributed by atoms with E-state index in [0.29, 0.717) is 0 Å². The van der Waals surface area contributed by atoms with E-state index in [0.717, 1.165) is 102 Å². The van der Waals surface area contributed by atoms with Gasteiger partial charge >= 0.3 is 699 Å². The van der Waals surface area contributed by atoms with Crippen molar-refractivity contribution in [2.45, 2.75) is 0 Å². The Bertz CT molecular complexity index is 7940. The van der Waals surface area contributed by atoms with E-state index in [1.807, 2.05) is 0 Å². The molecular formula is C102H59B2N5OSe5. The maximum atomic E-state index is 8.15. The molecule has 0 radical (unpaired) electrons. The van der Waals surface area contributed by atoms with Crippen LogP contribution in [0.15, 0.2) is 358 Å². The average Bonchev–Trinajstić information content (AvgIpc) is 1.26. The molecule has 0 aliphatic carbocycles. The number of para-hydroxylation sites is 4. The van der Waals surface area contributed by atoms with Crippen LogP contribution in [-0.2, 0) is 0 Å². The van der Waals surface area contributed by atoms with Gasteiger partial charge in [-0.25, -0.2) is 0 Å². The first kappa shape index (κ1) is 65.6. The predicted octanol–water partition coefficient (Wildman–Crippen LogP) is 21.9. The summed E-state index contributed by atoms with van der Waals surface area (Å²) in [7, 11) is 0. The Morgan fingerprint density at radius 1 is 0.200 bits per heavy atom. The van der Waals surface area contributed by atoms with Gasteiger partial charge in [0.05, 0.1) is 0 Å². The summed E-state index contributed by atoms with van der Waals surface area (Å²) in [5, 5.41) is 13.2. The Hall–Kier alpha value is -11.7. The first-order valence-electron chi connectivity index (χ1n) is 39.1. The minimum atomic E-state index is -0.232. The SMILES string of the molecule is c1ccc(N(c2cc3c4c(c2)N(c2ccc5[se]c6ccccc6c5c2)c2ccccc2B4c2cc4c(cc2O3)N(c2ccc3[se]c5ccccc5c3c2)c2cc(N(c3ccccc3)c3ccc5[se]c6ccccc6c5c3)cc3c2B4c2ccccc2N3c2ccc3[se]c4ccccc4c3c2)c2ccc3[se]c4ccccc4c3c2)cc1. The predicted molar refractivity (Wildman–Crippen MR) is 495 cm³/mol. The van der Waals surface area contributed by atoms with E-state index >= 15 is 0 Å². The third kappa shape index (κ3) is 9.90. The molecule has 0 unspecified atom stereocenters. The first-order valence-corrected chi connectivity index (χ1v) is 47.6. The van der Waals surface area contributed by atoms with Crippen LogP contribution in [0.4, 0.5) is 85.3 Å². The maximum absolute atomic E-state index is 8.15. The summed E-state index contributed by atoms with van der Waals surface area (Å²) in [6, 6.07) is 138. The first-order chi connectivity index (χ1) is 57.0. The van der Waals surface area contributed by atoms with Crippen molar-refractivity contribution in [1.29, 1.82) is 0 Å². The third-order valence-electron chi connectivity index (χ3n) is 24.4. The van der Waals surface area contributed by atoms with Crippen molar-refractivity contribution in [1.82, 2.24) is 0 Å². The molecule has 9 heterocycles. The zero-order valence-electron chi connectivity index (χ0n) is 61.4. The van der Waals surface area contributed by atoms with Gasteiger partial charge in [0, 0.05) is 0 Å². The zero-order valence-corrected chi connectivity index (χ0v) is 70.0. The summed E-state index contributed by atoms with van der Waals surface area (Å²) in [6.45, 7) is -0.456. The molecule has 4 aliphatic heterocycles. The van der Waals surface area contributed by atoms with Crippen LogP contribution in [0.3, 0.4) is 0 Å². The summed E-state index contributed by atoms with van der Waals surface area (Å²) in [6.07, 6.45) is 0. The fourth-order valence-electron chi connectivity index (χ4n) is 19.5. The third-order valence-corrected chi connectivity index (χ3v) is 36.5. The Kier molecular flexibility index (Phi) is 14.5. The van der Waals surface area contributed by atoms with Gasteiger partial charge in [-0.15, -0.1) is 0 Å². The summed E-state index contributed by atoms with van der Waals surface area (Å²) in [4.78, 5) is 12.9. The van der Waals surface area contributed by atoms with Gasteiger partial charge in [-0.3, -0.25) is 0 Å². The van der Waals surface area contributed by atoms with Crippen molar-refractivity contribution < 1.29 is 4.74 Å². The molecule has 0 atom stereocenters. The Morgan fingerprint density at radius 2 is 0.530 bits per heavy atom. The molecule has 0 spiro atoms. The summed E-state index contributed by atoms with van der Waals surface area (Å²) in [5.41, 5.74) is 23.9. The molecule has 534 valence electrons. The van der Waals surface area contributed by atoms with E-state index in [1.165, 1.54) is 124 Å². The normalized spacial score (nSPS) is 13.2. The van der Waals surface area contributed by atoms with Crippen molar-refractivity contribution in [3.8, 4) is 11.5 Å². The van der Waals surface area contributed by atoms with Crippen LogP contribution < -0.4 is 62.0 Å². The summed E-state index contributed by atoms with van der Waals surface area (Å²) < 4.78 is 22.4. The zero-order chi connectivity index (χ0) is 74.8. The van der Waals surface area contributed by atoms with Crippen molar-refractivity contribution in [2.75, 3.05) is 24.5 Å². The number of ether oxygens (including phenoxy) is 1. The van der Waals surface area contributed by atoms with Gasteiger partial charge in [0.25, 0.3) is 0 Å². The van der Waals surface area contributed by atoms with E-state index < -0.39 is 0 Å². The summed E-state index contributed by atoms with van der Waals surface area (Å²) >= 11 is 0.973. The van der Waals surface area contributed by atoms with Gasteiger partial charge in [-0.05, 0) is 0 Å². The molecular weight excluding hydrogens is 1730 g/mol. The van der Waals surface area contributed by atoms with Crippen molar-refractivity contribution >= 4 is 300 Å². The van der Waals surface area contributed by atoms with Gasteiger partial charge in [-0.2, -0.15) is 0 Å². The van der Waals surface area contributed by atoms with Gasteiger partial charge < -0.3 is 0 Å². The monoisotopic (exact) mass is 1790 g/mol. The van der Waals surface area contributed by atoms with Gasteiger partial charge in [-0.1, -0.05) is 0 Å². The van der Waals surface area contributed by atoms with E-state index in [9.17, 15) is 0 Å². The van der Waals surface area contributed by atoms with E-state index in [1.54, 1.807) is 0 Å². The molecule has 0 saturated heterocycles. The van der Waals surface area contributed by atoms with Crippen molar-refractivity contribution in [2.24, 2.45) is 0 Å². The standard InChI is InChI=1S/C102H59B2N5OSe5/c1-3-21-60(22-4-1)105(62-39-44-96-74(49-62)69-25-7-16-34-91(69)111-96)67-54-86-101-87(55-67)109(66-43-48-100-78(53-66)73-29-11-20-38-95(73)115-100)85-59-89-82(58-81(85)103(101)79-30-12-14-32-83(79)107(86)64-41-46-98-76(51-64)71-27-9-18-36-93(71)113-98)104-80-31-13-15-33-84(80)108(65-42-47-99-77(52-65)72-28-10-19-37-94(72)114-99)88-56-68(57-90(110-89)102(88)104)106(61-23-5-2-6-24-61)63-40-45-97-75(50-63)70-26-8-17-35-92(70)112-97/h1-59H. The number of benzene rings is 17.